The lowest BCUT2D eigenvalue weighted by Gasteiger charge is -2.24. The maximum atomic E-state index is 13.7. The minimum absolute atomic E-state index is 0.0521. The molecule has 1 aliphatic rings. The first-order valence-electron chi connectivity index (χ1n) is 11.6. The molecule has 9 nitrogen and oxygen atoms in total. The predicted octanol–water partition coefficient (Wildman–Crippen LogP) is 4.62. The first kappa shape index (κ1) is 25.4. The van der Waals surface area contributed by atoms with Gasteiger partial charge in [-0.05, 0) is 43.7 Å². The van der Waals surface area contributed by atoms with Crippen LogP contribution in [0.15, 0.2) is 86.1 Å². The van der Waals surface area contributed by atoms with Gasteiger partial charge in [0.15, 0.2) is 4.80 Å². The molecule has 2 aromatic heterocycles. The van der Waals surface area contributed by atoms with Crippen molar-refractivity contribution in [2.24, 2.45) is 4.99 Å². The molecule has 2 aromatic carbocycles. The van der Waals surface area contributed by atoms with Crippen molar-refractivity contribution in [3.63, 3.8) is 0 Å². The van der Waals surface area contributed by atoms with Gasteiger partial charge in [-0.15, -0.1) is 0 Å². The van der Waals surface area contributed by atoms with Crippen LogP contribution in [-0.2, 0) is 9.53 Å². The van der Waals surface area contributed by atoms with E-state index in [2.05, 4.69) is 4.99 Å². The summed E-state index contributed by atoms with van der Waals surface area (Å²) in [6.45, 7) is 3.61. The van der Waals surface area contributed by atoms with E-state index < -0.39 is 16.9 Å². The summed E-state index contributed by atoms with van der Waals surface area (Å²) in [5.41, 5.74) is 1.56. The first-order valence-corrected chi connectivity index (χ1v) is 12.8. The van der Waals surface area contributed by atoms with Crippen LogP contribution < -0.4 is 14.9 Å². The number of aromatic nitrogens is 1. The number of carbonyl (C=O) groups excluding carboxylic acids is 1. The Labute approximate surface area is 224 Å². The Balaban J connectivity index is 1.61. The maximum Gasteiger partial charge on any atom is 0.338 e. The molecule has 0 N–H and O–H groups in total. The Morgan fingerprint density at radius 2 is 2.00 bits per heavy atom. The lowest BCUT2D eigenvalue weighted by molar-refractivity contribution is -0.384. The molecule has 0 radical (unpaired) electrons. The highest BCUT2D eigenvalue weighted by Gasteiger charge is 2.33. The molecule has 0 unspecified atom stereocenters. The lowest BCUT2D eigenvalue weighted by Crippen LogP contribution is -2.39. The fraction of sp³-hybridized carbons (Fsp3) is 0.148. The fourth-order valence-corrected chi connectivity index (χ4v) is 5.39. The molecule has 38 heavy (non-hydrogen) atoms. The monoisotopic (exact) mass is 549 g/mol. The average Bonchev–Trinajstić information content (AvgIpc) is 3.48. The summed E-state index contributed by atoms with van der Waals surface area (Å²) in [6, 6.07) is 15.6. The molecule has 0 saturated carbocycles. The van der Waals surface area contributed by atoms with E-state index in [1.54, 1.807) is 68.5 Å². The Morgan fingerprint density at radius 1 is 1.24 bits per heavy atom. The van der Waals surface area contributed by atoms with Crippen molar-refractivity contribution >= 4 is 40.7 Å². The Morgan fingerprint density at radius 3 is 2.71 bits per heavy atom. The van der Waals surface area contributed by atoms with E-state index in [9.17, 15) is 19.7 Å². The van der Waals surface area contributed by atoms with Crippen molar-refractivity contribution in [2.45, 2.75) is 19.9 Å². The van der Waals surface area contributed by atoms with Gasteiger partial charge >= 0.3 is 5.97 Å². The lowest BCUT2D eigenvalue weighted by atomic mass is 9.96. The number of fused-ring (bicyclic) bond motifs is 1. The van der Waals surface area contributed by atoms with E-state index in [0.29, 0.717) is 42.7 Å². The third kappa shape index (κ3) is 4.71. The van der Waals surface area contributed by atoms with Crippen LogP contribution in [0.3, 0.4) is 0 Å². The van der Waals surface area contributed by atoms with E-state index in [0.717, 1.165) is 0 Å². The third-order valence-electron chi connectivity index (χ3n) is 5.94. The normalized spacial score (nSPS) is 15.2. The van der Waals surface area contributed by atoms with Crippen LogP contribution in [0.25, 0.3) is 17.4 Å². The van der Waals surface area contributed by atoms with Gasteiger partial charge in [0.05, 0.1) is 33.4 Å². The largest absolute Gasteiger partial charge is 0.463 e. The van der Waals surface area contributed by atoms with Gasteiger partial charge in [0.2, 0.25) is 0 Å². The van der Waals surface area contributed by atoms with Crippen molar-refractivity contribution in [1.82, 2.24) is 4.57 Å². The van der Waals surface area contributed by atoms with Crippen LogP contribution in [0, 0.1) is 10.1 Å². The third-order valence-corrected chi connectivity index (χ3v) is 7.18. The summed E-state index contributed by atoms with van der Waals surface area (Å²) in [6.07, 6.45) is 1.59. The van der Waals surface area contributed by atoms with Gasteiger partial charge in [0.1, 0.15) is 11.5 Å². The molecule has 1 atom stereocenters. The van der Waals surface area contributed by atoms with Gasteiger partial charge in [0, 0.05) is 28.8 Å². The summed E-state index contributed by atoms with van der Waals surface area (Å²) >= 11 is 7.25. The molecule has 3 heterocycles. The number of esters is 1. The predicted molar refractivity (Wildman–Crippen MR) is 143 cm³/mol. The highest BCUT2D eigenvalue weighted by atomic mass is 35.5. The van der Waals surface area contributed by atoms with Gasteiger partial charge in [-0.2, -0.15) is 0 Å². The number of hydrogen-bond acceptors (Lipinski definition) is 8. The molecule has 192 valence electrons. The van der Waals surface area contributed by atoms with Gasteiger partial charge in [-0.1, -0.05) is 47.2 Å². The molecule has 1 aliphatic heterocycles. The van der Waals surface area contributed by atoms with Gasteiger partial charge < -0.3 is 9.15 Å². The number of nitro benzene ring substituents is 1. The molecule has 0 aliphatic carbocycles. The number of carbonyl (C=O) groups is 1. The molecular weight excluding hydrogens is 530 g/mol. The second-order valence-electron chi connectivity index (χ2n) is 8.36. The number of non-ortho nitro benzene ring substituents is 1. The van der Waals surface area contributed by atoms with E-state index in [1.807, 2.05) is 0 Å². The molecule has 0 saturated heterocycles. The standard InChI is InChI=1S/C27H20ClN3O6S/c1-3-36-26(33)23-15(2)29-27-30(24(23)16-7-9-18(28)10-8-16)25(32)22(38-27)14-20-11-12-21(37-20)17-5-4-6-19(13-17)31(34)35/h4-14,24H,3H2,1-2H3/b22-14-/t24-/m0/s1. The van der Waals surface area contributed by atoms with Gasteiger partial charge in [-0.3, -0.25) is 19.5 Å². The van der Waals surface area contributed by atoms with Crippen LogP contribution in [0.4, 0.5) is 5.69 Å². The highest BCUT2D eigenvalue weighted by molar-refractivity contribution is 7.07. The number of benzene rings is 2. The van der Waals surface area contributed by atoms with Crippen LogP contribution in [0.5, 0.6) is 0 Å². The molecule has 0 spiro atoms. The zero-order valence-electron chi connectivity index (χ0n) is 20.2. The van der Waals surface area contributed by atoms with E-state index in [1.165, 1.54) is 28.0 Å². The average molecular weight is 550 g/mol. The Kier molecular flexibility index (Phi) is 6.83. The number of thiazole rings is 1. The Bertz CT molecular complexity index is 1780. The van der Waals surface area contributed by atoms with Gasteiger partial charge in [-0.25, -0.2) is 9.79 Å². The van der Waals surface area contributed by atoms with Crippen LogP contribution in [0.2, 0.25) is 5.02 Å². The maximum absolute atomic E-state index is 13.7. The van der Waals surface area contributed by atoms with Crippen LogP contribution in [-0.4, -0.2) is 22.1 Å². The van der Waals surface area contributed by atoms with Crippen LogP contribution in [0.1, 0.15) is 31.2 Å². The first-order chi connectivity index (χ1) is 18.3. The van der Waals surface area contributed by atoms with Crippen molar-refractivity contribution < 1.29 is 18.9 Å². The number of nitrogens with zero attached hydrogens (tertiary/aromatic N) is 3. The molecule has 0 fully saturated rings. The summed E-state index contributed by atoms with van der Waals surface area (Å²) < 4.78 is 13.0. The summed E-state index contributed by atoms with van der Waals surface area (Å²) in [7, 11) is 0. The molecule has 0 amide bonds. The number of nitro groups is 1. The van der Waals surface area contributed by atoms with E-state index in [-0.39, 0.29) is 23.4 Å². The number of hydrogen-bond donors (Lipinski definition) is 0. The van der Waals surface area contributed by atoms with Crippen LogP contribution >= 0.6 is 22.9 Å². The van der Waals surface area contributed by atoms with E-state index in [4.69, 9.17) is 20.8 Å². The fourth-order valence-electron chi connectivity index (χ4n) is 4.24. The number of rotatable bonds is 6. The van der Waals surface area contributed by atoms with Crippen molar-refractivity contribution in [1.29, 1.82) is 0 Å². The summed E-state index contributed by atoms with van der Waals surface area (Å²) in [5.74, 6) is 0.268. The topological polar surface area (TPSA) is 117 Å². The highest BCUT2D eigenvalue weighted by Crippen LogP contribution is 2.31. The molecular formula is C27H20ClN3O6S. The molecule has 5 rings (SSSR count). The second-order valence-corrected chi connectivity index (χ2v) is 9.81. The number of ether oxygens (including phenoxy) is 1. The number of furan rings is 1. The van der Waals surface area contributed by atoms with E-state index >= 15 is 0 Å². The number of allylic oxidation sites excluding steroid dienone is 1. The quantitative estimate of drug-likeness (QED) is 0.197. The SMILES string of the molecule is CCOC(=O)C1=C(C)N=c2s/c(=C\c3ccc(-c4cccc([N+](=O)[O-])c4)o3)c(=O)n2[C@H]1c1ccc(Cl)cc1. The molecule has 11 heteroatoms. The summed E-state index contributed by atoms with van der Waals surface area (Å²) in [4.78, 5) is 42.2. The van der Waals surface area contributed by atoms with Crippen molar-refractivity contribution in [3.05, 3.63) is 118 Å². The zero-order chi connectivity index (χ0) is 27.0. The summed E-state index contributed by atoms with van der Waals surface area (Å²) in [5, 5.41) is 11.6. The molecule has 4 aromatic rings. The minimum atomic E-state index is -0.748. The Hall–Kier alpha value is -4.28. The smallest absolute Gasteiger partial charge is 0.338 e. The van der Waals surface area contributed by atoms with Crippen molar-refractivity contribution in [3.8, 4) is 11.3 Å². The van der Waals surface area contributed by atoms with Gasteiger partial charge in [0.25, 0.3) is 11.2 Å². The zero-order valence-corrected chi connectivity index (χ0v) is 21.8. The number of halogens is 1. The minimum Gasteiger partial charge on any atom is -0.463 e. The second kappa shape index (κ2) is 10.2. The molecule has 0 bridgehead atoms. The van der Waals surface area contributed by atoms with Crippen molar-refractivity contribution in [2.75, 3.05) is 6.61 Å².